The quantitative estimate of drug-likeness (QED) is 0.411. The fraction of sp³-hybridized carbons (Fsp3) is 0.0741. The molecule has 0 spiro atoms. The molecule has 3 heterocycles. The summed E-state index contributed by atoms with van der Waals surface area (Å²) in [6.45, 7) is 0. The first-order valence-corrected chi connectivity index (χ1v) is 10.9. The normalized spacial score (nSPS) is 15.0. The summed E-state index contributed by atoms with van der Waals surface area (Å²) in [5.41, 5.74) is 4.27. The smallest absolute Gasteiger partial charge is 0.270 e. The largest absolute Gasteiger partial charge is 0.497 e. The molecule has 0 saturated heterocycles. The maximum absolute atomic E-state index is 13.5. The lowest BCUT2D eigenvalue weighted by atomic mass is 10.1. The summed E-state index contributed by atoms with van der Waals surface area (Å²) < 4.78 is 5.23. The van der Waals surface area contributed by atoms with Gasteiger partial charge in [0, 0.05) is 27.5 Å². The van der Waals surface area contributed by atoms with E-state index in [0.717, 1.165) is 33.1 Å². The number of amides is 2. The van der Waals surface area contributed by atoms with Gasteiger partial charge in [-0.15, -0.1) is 0 Å². The Labute approximate surface area is 195 Å². The lowest BCUT2D eigenvalue weighted by molar-refractivity contribution is -0.119. The van der Waals surface area contributed by atoms with E-state index in [-0.39, 0.29) is 11.6 Å². The molecule has 2 N–H and O–H groups in total. The van der Waals surface area contributed by atoms with Crippen LogP contribution in [0, 0.1) is 0 Å². The number of para-hydroxylation sites is 2. The number of nitrogens with zero attached hydrogens (tertiary/aromatic N) is 2. The molecule has 0 radical (unpaired) electrons. The number of aromatic amines is 1. The zero-order valence-corrected chi connectivity index (χ0v) is 18.3. The molecule has 166 valence electrons. The van der Waals surface area contributed by atoms with Crippen molar-refractivity contribution < 1.29 is 14.3 Å². The number of rotatable bonds is 4. The Bertz CT molecular complexity index is 1570. The third-order valence-electron chi connectivity index (χ3n) is 6.19. The first kappa shape index (κ1) is 20.0. The summed E-state index contributed by atoms with van der Waals surface area (Å²) in [6.07, 6.45) is 1.65. The zero-order valence-electron chi connectivity index (χ0n) is 18.3. The fourth-order valence-electron chi connectivity index (χ4n) is 4.53. The number of methoxy groups -OCH3 is 1. The number of anilines is 2. The van der Waals surface area contributed by atoms with Crippen LogP contribution < -0.4 is 15.0 Å². The van der Waals surface area contributed by atoms with Gasteiger partial charge in [0.25, 0.3) is 11.8 Å². The molecule has 1 unspecified atom stereocenters. The van der Waals surface area contributed by atoms with E-state index in [1.807, 2.05) is 60.7 Å². The van der Waals surface area contributed by atoms with Crippen LogP contribution in [0.3, 0.4) is 0 Å². The highest BCUT2D eigenvalue weighted by molar-refractivity contribution is 6.13. The van der Waals surface area contributed by atoms with E-state index < -0.39 is 11.9 Å². The Morgan fingerprint density at radius 1 is 0.971 bits per heavy atom. The predicted octanol–water partition coefficient (Wildman–Crippen LogP) is 4.87. The van der Waals surface area contributed by atoms with E-state index in [9.17, 15) is 9.59 Å². The molecule has 0 fully saturated rings. The SMILES string of the molecule is COc1ccc(N2C(=O)C(NC(=O)c3cc4c(cn3)[nH]c3ccccc34)c3ccccc32)cc1. The number of fused-ring (bicyclic) bond motifs is 4. The first-order valence-electron chi connectivity index (χ1n) is 10.9. The molecule has 5 aromatic rings. The number of benzene rings is 3. The molecule has 1 aliphatic rings. The van der Waals surface area contributed by atoms with Crippen molar-refractivity contribution in [2.45, 2.75) is 6.04 Å². The maximum Gasteiger partial charge on any atom is 0.270 e. The predicted molar refractivity (Wildman–Crippen MR) is 130 cm³/mol. The number of pyridine rings is 1. The molecule has 34 heavy (non-hydrogen) atoms. The molecule has 0 aliphatic carbocycles. The van der Waals surface area contributed by atoms with Crippen molar-refractivity contribution in [3.63, 3.8) is 0 Å². The highest BCUT2D eigenvalue weighted by atomic mass is 16.5. The Kier molecular flexibility index (Phi) is 4.55. The van der Waals surface area contributed by atoms with E-state index in [1.165, 1.54) is 0 Å². The van der Waals surface area contributed by atoms with Crippen LogP contribution in [0.25, 0.3) is 21.8 Å². The van der Waals surface area contributed by atoms with Crippen LogP contribution >= 0.6 is 0 Å². The fourth-order valence-corrected chi connectivity index (χ4v) is 4.53. The minimum absolute atomic E-state index is 0.229. The highest BCUT2D eigenvalue weighted by Crippen LogP contribution is 2.41. The second kappa shape index (κ2) is 7.74. The molecule has 7 nitrogen and oxygen atoms in total. The van der Waals surface area contributed by atoms with Gasteiger partial charge in [-0.3, -0.25) is 14.5 Å². The molecular weight excluding hydrogens is 428 g/mol. The molecule has 2 amide bonds. The van der Waals surface area contributed by atoms with E-state index >= 15 is 0 Å². The topological polar surface area (TPSA) is 87.3 Å². The first-order chi connectivity index (χ1) is 16.6. The van der Waals surface area contributed by atoms with Crippen LogP contribution in [-0.2, 0) is 4.79 Å². The molecule has 7 heteroatoms. The standard InChI is InChI=1S/C27H20N4O3/c1-34-17-12-10-16(11-13-17)31-24-9-5-3-7-19(24)25(27(31)33)30-26(32)22-14-20-18-6-2-4-8-21(18)29-23(20)15-28-22/h2-15,25,29H,1H3,(H,30,32). The Balaban J connectivity index is 1.34. The molecular formula is C27H20N4O3. The number of nitrogens with one attached hydrogen (secondary N) is 2. The summed E-state index contributed by atoms with van der Waals surface area (Å²) in [5, 5.41) is 4.83. The number of carbonyl (C=O) groups is 2. The number of hydrogen-bond acceptors (Lipinski definition) is 4. The molecule has 1 atom stereocenters. The van der Waals surface area contributed by atoms with Gasteiger partial charge in [0.1, 0.15) is 17.5 Å². The van der Waals surface area contributed by atoms with Crippen LogP contribution in [0.4, 0.5) is 11.4 Å². The highest BCUT2D eigenvalue weighted by Gasteiger charge is 2.39. The third-order valence-corrected chi connectivity index (χ3v) is 6.19. The molecule has 2 aromatic heterocycles. The Hall–Kier alpha value is -4.65. The lowest BCUT2D eigenvalue weighted by Crippen LogP contribution is -2.36. The van der Waals surface area contributed by atoms with Crippen molar-refractivity contribution in [2.24, 2.45) is 0 Å². The number of H-pyrrole nitrogens is 1. The van der Waals surface area contributed by atoms with Gasteiger partial charge >= 0.3 is 0 Å². The second-order valence-corrected chi connectivity index (χ2v) is 8.12. The summed E-state index contributed by atoms with van der Waals surface area (Å²) in [7, 11) is 1.60. The van der Waals surface area contributed by atoms with E-state index in [4.69, 9.17) is 4.74 Å². The summed E-state index contributed by atoms with van der Waals surface area (Å²) >= 11 is 0. The number of hydrogen-bond donors (Lipinski definition) is 2. The molecule has 6 rings (SSSR count). The number of ether oxygens (including phenoxy) is 1. The average Bonchev–Trinajstić information content (AvgIpc) is 3.38. The zero-order chi connectivity index (χ0) is 23.2. The van der Waals surface area contributed by atoms with Crippen LogP contribution in [0.1, 0.15) is 22.1 Å². The number of aromatic nitrogens is 2. The van der Waals surface area contributed by atoms with Gasteiger partial charge in [-0.1, -0.05) is 36.4 Å². The van der Waals surface area contributed by atoms with Crippen LogP contribution in [0.15, 0.2) is 85.1 Å². The van der Waals surface area contributed by atoms with Gasteiger partial charge in [-0.05, 0) is 42.5 Å². The second-order valence-electron chi connectivity index (χ2n) is 8.12. The molecule has 3 aromatic carbocycles. The van der Waals surface area contributed by atoms with Crippen LogP contribution in [-0.4, -0.2) is 28.9 Å². The molecule has 0 bridgehead atoms. The van der Waals surface area contributed by atoms with Gasteiger partial charge in [0.2, 0.25) is 0 Å². The van der Waals surface area contributed by atoms with Crippen molar-refractivity contribution in [3.8, 4) is 5.75 Å². The van der Waals surface area contributed by atoms with Crippen molar-refractivity contribution in [1.29, 1.82) is 0 Å². The molecule has 1 aliphatic heterocycles. The summed E-state index contributed by atoms with van der Waals surface area (Å²) in [4.78, 5) is 36.0. The van der Waals surface area contributed by atoms with Crippen molar-refractivity contribution in [1.82, 2.24) is 15.3 Å². The third kappa shape index (κ3) is 3.09. The maximum atomic E-state index is 13.5. The van der Waals surface area contributed by atoms with E-state index in [0.29, 0.717) is 11.4 Å². The molecule has 0 saturated carbocycles. The van der Waals surface area contributed by atoms with E-state index in [2.05, 4.69) is 15.3 Å². The summed E-state index contributed by atoms with van der Waals surface area (Å²) in [6, 6.07) is 23.6. The lowest BCUT2D eigenvalue weighted by Gasteiger charge is -2.18. The van der Waals surface area contributed by atoms with Crippen LogP contribution in [0.5, 0.6) is 5.75 Å². The van der Waals surface area contributed by atoms with Gasteiger partial charge in [-0.25, -0.2) is 4.98 Å². The average molecular weight is 448 g/mol. The van der Waals surface area contributed by atoms with Gasteiger partial charge in [-0.2, -0.15) is 0 Å². The minimum Gasteiger partial charge on any atom is -0.497 e. The van der Waals surface area contributed by atoms with Crippen molar-refractivity contribution in [3.05, 3.63) is 96.3 Å². The van der Waals surface area contributed by atoms with Crippen molar-refractivity contribution in [2.75, 3.05) is 12.0 Å². The Morgan fingerprint density at radius 3 is 2.56 bits per heavy atom. The monoisotopic (exact) mass is 448 g/mol. The van der Waals surface area contributed by atoms with E-state index in [1.54, 1.807) is 36.4 Å². The minimum atomic E-state index is -0.814. The summed E-state index contributed by atoms with van der Waals surface area (Å²) in [5.74, 6) is 0.0667. The van der Waals surface area contributed by atoms with Crippen LogP contribution in [0.2, 0.25) is 0 Å². The number of carbonyl (C=O) groups excluding carboxylic acids is 2. The van der Waals surface area contributed by atoms with Gasteiger partial charge < -0.3 is 15.0 Å². The van der Waals surface area contributed by atoms with Crippen molar-refractivity contribution >= 4 is 45.0 Å². The van der Waals surface area contributed by atoms with Gasteiger partial charge in [0.05, 0.1) is 24.5 Å². The Morgan fingerprint density at radius 2 is 1.74 bits per heavy atom. The van der Waals surface area contributed by atoms with Gasteiger partial charge in [0.15, 0.2) is 0 Å².